The number of rotatable bonds is 46. The van der Waals surface area contributed by atoms with Crippen LogP contribution in [0.2, 0.25) is 0 Å². The molecule has 0 aromatic heterocycles. The van der Waals surface area contributed by atoms with Crippen molar-refractivity contribution in [1.29, 1.82) is 0 Å². The lowest BCUT2D eigenvalue weighted by Gasteiger charge is -2.26. The summed E-state index contributed by atoms with van der Waals surface area (Å²) in [5, 5.41) is 25.7. The van der Waals surface area contributed by atoms with Crippen molar-refractivity contribution in [3.63, 3.8) is 0 Å². The van der Waals surface area contributed by atoms with Gasteiger partial charge in [-0.1, -0.05) is 32.4 Å². The van der Waals surface area contributed by atoms with Gasteiger partial charge in [0, 0.05) is 50.9 Å². The number of unbranched alkanes of at least 4 members (excludes halogenated alkanes) is 3. The van der Waals surface area contributed by atoms with Crippen LogP contribution in [0.1, 0.15) is 77.7 Å². The Bertz CT molecular complexity index is 1700. The monoisotopic (exact) mass is 1040 g/mol. The van der Waals surface area contributed by atoms with Crippen molar-refractivity contribution < 1.29 is 81.3 Å². The summed E-state index contributed by atoms with van der Waals surface area (Å²) in [6.07, 6.45) is 5.11. The standard InChI is InChI=1S/C50H84N6O17/c1-38(2)47(50(64)53-39(3)48(62)54-41-15-13-40(37-57)14-16-41)56-49(63)42(55-45(60)12-7-6-9-20-51-43(58)17-18-46(61)66-5)11-8-10-21-52-44(59)19-22-67-25-26-69-29-30-71-33-34-73-36-35-72-32-31-70-28-27-68-24-23-65-4/h13-18,38-39,42,47,57H,6-12,19-37H2,1-5H3,(H,51,58)(H,52,59)(H,53,64)(H,54,62)(H,55,60)(H,56,63)/b18-17-/t39-,42-,47?/m0/s1. The second-order valence-electron chi connectivity index (χ2n) is 16.8. The van der Waals surface area contributed by atoms with Gasteiger partial charge in [-0.25, -0.2) is 4.79 Å². The molecule has 0 fully saturated rings. The average molecular weight is 1040 g/mol. The smallest absolute Gasteiger partial charge is 0.330 e. The van der Waals surface area contributed by atoms with E-state index in [1.807, 2.05) is 0 Å². The molecule has 1 rings (SSSR count). The van der Waals surface area contributed by atoms with Crippen molar-refractivity contribution in [3.05, 3.63) is 42.0 Å². The summed E-state index contributed by atoms with van der Waals surface area (Å²) in [7, 11) is 2.83. The summed E-state index contributed by atoms with van der Waals surface area (Å²) in [5.74, 6) is -3.74. The van der Waals surface area contributed by atoms with Gasteiger partial charge in [-0.05, 0) is 62.6 Å². The van der Waals surface area contributed by atoms with Gasteiger partial charge < -0.3 is 79.6 Å². The van der Waals surface area contributed by atoms with E-state index < -0.39 is 47.7 Å². The molecule has 0 aliphatic rings. The number of benzene rings is 1. The molecule has 1 aromatic rings. The maximum atomic E-state index is 13.8. The van der Waals surface area contributed by atoms with Gasteiger partial charge in [0.25, 0.3) is 0 Å². The Morgan fingerprint density at radius 2 is 1.05 bits per heavy atom. The van der Waals surface area contributed by atoms with E-state index in [0.29, 0.717) is 149 Å². The van der Waals surface area contributed by atoms with Crippen molar-refractivity contribution in [3.8, 4) is 0 Å². The fourth-order valence-electron chi connectivity index (χ4n) is 6.22. The van der Waals surface area contributed by atoms with Gasteiger partial charge in [0.2, 0.25) is 35.4 Å². The Morgan fingerprint density at radius 3 is 1.58 bits per heavy atom. The second-order valence-corrected chi connectivity index (χ2v) is 16.8. The summed E-state index contributed by atoms with van der Waals surface area (Å²) in [6.45, 7) is 12.0. The van der Waals surface area contributed by atoms with Gasteiger partial charge >= 0.3 is 5.97 Å². The fraction of sp³-hybridized carbons (Fsp3) is 0.700. The molecule has 7 N–H and O–H groups in total. The molecule has 0 spiro atoms. The number of hydrogen-bond donors (Lipinski definition) is 7. The maximum Gasteiger partial charge on any atom is 0.330 e. The average Bonchev–Trinajstić information content (AvgIpc) is 3.37. The number of hydrogen-bond acceptors (Lipinski definition) is 17. The molecule has 73 heavy (non-hydrogen) atoms. The third kappa shape index (κ3) is 36.5. The van der Waals surface area contributed by atoms with Crippen LogP contribution in [-0.4, -0.2) is 191 Å². The number of anilines is 1. The molecule has 23 heteroatoms. The van der Waals surface area contributed by atoms with Crippen LogP contribution in [0.15, 0.2) is 36.4 Å². The van der Waals surface area contributed by atoms with Crippen LogP contribution in [0.25, 0.3) is 0 Å². The molecule has 6 amide bonds. The molecule has 0 bridgehead atoms. The third-order valence-electron chi connectivity index (χ3n) is 10.4. The summed E-state index contributed by atoms with van der Waals surface area (Å²) >= 11 is 0. The maximum absolute atomic E-state index is 13.8. The minimum absolute atomic E-state index is 0.0991. The number of amides is 6. The lowest BCUT2D eigenvalue weighted by Crippen LogP contribution is -2.57. The van der Waals surface area contributed by atoms with E-state index in [1.54, 1.807) is 45.2 Å². The van der Waals surface area contributed by atoms with E-state index >= 15 is 0 Å². The first-order valence-electron chi connectivity index (χ1n) is 25.1. The summed E-state index contributed by atoms with van der Waals surface area (Å²) in [4.78, 5) is 88.7. The Morgan fingerprint density at radius 1 is 0.534 bits per heavy atom. The summed E-state index contributed by atoms with van der Waals surface area (Å²) in [5.41, 5.74) is 1.15. The SMILES string of the molecule is COCCOCCOCCOCCOCCOCCOCCOCCC(=O)NCCCC[C@H](NC(=O)CCCCCNC(=O)/C=C\C(=O)OC)C(=O)NC(C(=O)N[C@@H](C)C(=O)Nc1ccc(CO)cc1)C(C)C. The Balaban J connectivity index is 2.44. The molecule has 3 atom stereocenters. The van der Waals surface area contributed by atoms with Crippen LogP contribution in [0.3, 0.4) is 0 Å². The summed E-state index contributed by atoms with van der Waals surface area (Å²) < 4.78 is 47.5. The first-order chi connectivity index (χ1) is 35.3. The van der Waals surface area contributed by atoms with E-state index in [9.17, 15) is 38.7 Å². The van der Waals surface area contributed by atoms with Crippen LogP contribution >= 0.6 is 0 Å². The minimum atomic E-state index is -1.04. The van der Waals surface area contributed by atoms with Crippen molar-refractivity contribution in [1.82, 2.24) is 26.6 Å². The largest absolute Gasteiger partial charge is 0.466 e. The van der Waals surface area contributed by atoms with Crippen molar-refractivity contribution in [2.45, 2.75) is 96.9 Å². The van der Waals surface area contributed by atoms with E-state index in [-0.39, 0.29) is 50.2 Å². The van der Waals surface area contributed by atoms with Crippen LogP contribution in [-0.2, 0) is 82.8 Å². The van der Waals surface area contributed by atoms with E-state index in [1.165, 1.54) is 14.0 Å². The molecular formula is C50H84N6O17. The van der Waals surface area contributed by atoms with Crippen LogP contribution in [0.5, 0.6) is 0 Å². The number of aliphatic hydroxyl groups is 1. The van der Waals surface area contributed by atoms with Crippen molar-refractivity contribution in [2.24, 2.45) is 5.92 Å². The van der Waals surface area contributed by atoms with Crippen LogP contribution < -0.4 is 31.9 Å². The van der Waals surface area contributed by atoms with Crippen LogP contribution in [0.4, 0.5) is 5.69 Å². The number of esters is 1. The molecule has 0 radical (unpaired) electrons. The van der Waals surface area contributed by atoms with Gasteiger partial charge in [0.05, 0.1) is 113 Å². The first-order valence-corrected chi connectivity index (χ1v) is 25.1. The molecule has 1 unspecified atom stereocenters. The minimum Gasteiger partial charge on any atom is -0.466 e. The lowest BCUT2D eigenvalue weighted by molar-refractivity contribution is -0.135. The molecule has 416 valence electrons. The Labute approximate surface area is 430 Å². The molecule has 0 aliphatic carbocycles. The number of carbonyl (C=O) groups is 7. The third-order valence-corrected chi connectivity index (χ3v) is 10.4. The molecular weight excluding hydrogens is 957 g/mol. The van der Waals surface area contributed by atoms with Crippen molar-refractivity contribution in [2.75, 3.05) is 132 Å². The zero-order chi connectivity index (χ0) is 53.7. The van der Waals surface area contributed by atoms with E-state index in [4.69, 9.17) is 37.9 Å². The van der Waals surface area contributed by atoms with Gasteiger partial charge in [-0.2, -0.15) is 0 Å². The highest BCUT2D eigenvalue weighted by atomic mass is 16.6. The lowest BCUT2D eigenvalue weighted by atomic mass is 10.0. The highest BCUT2D eigenvalue weighted by Gasteiger charge is 2.30. The number of nitrogens with one attached hydrogen (secondary N) is 6. The van der Waals surface area contributed by atoms with Gasteiger partial charge in [0.15, 0.2) is 0 Å². The number of aliphatic hydroxyl groups excluding tert-OH is 1. The normalized spacial score (nSPS) is 12.5. The molecule has 23 nitrogen and oxygen atoms in total. The molecule has 0 saturated carbocycles. The number of carbonyl (C=O) groups excluding carboxylic acids is 7. The zero-order valence-corrected chi connectivity index (χ0v) is 43.6. The van der Waals surface area contributed by atoms with E-state index in [0.717, 1.165) is 12.2 Å². The number of ether oxygens (including phenoxy) is 9. The highest BCUT2D eigenvalue weighted by Crippen LogP contribution is 2.11. The van der Waals surface area contributed by atoms with Gasteiger partial charge in [-0.15, -0.1) is 0 Å². The van der Waals surface area contributed by atoms with Gasteiger partial charge in [0.1, 0.15) is 18.1 Å². The number of methoxy groups -OCH3 is 2. The van der Waals surface area contributed by atoms with Crippen molar-refractivity contribution >= 4 is 47.1 Å². The predicted molar refractivity (Wildman–Crippen MR) is 269 cm³/mol. The highest BCUT2D eigenvalue weighted by molar-refractivity contribution is 5.98. The van der Waals surface area contributed by atoms with E-state index in [2.05, 4.69) is 36.6 Å². The Hall–Kier alpha value is -5.11. The molecule has 1 aromatic carbocycles. The fourth-order valence-corrected chi connectivity index (χ4v) is 6.22. The predicted octanol–water partition coefficient (Wildman–Crippen LogP) is 1.09. The topological polar surface area (TPSA) is 295 Å². The Kier molecular flexibility index (Phi) is 40.1. The quantitative estimate of drug-likeness (QED) is 0.0273. The molecule has 0 aliphatic heterocycles. The van der Waals surface area contributed by atoms with Crippen LogP contribution in [0, 0.1) is 5.92 Å². The zero-order valence-electron chi connectivity index (χ0n) is 43.6. The molecule has 0 heterocycles. The molecule has 0 saturated heterocycles. The summed E-state index contributed by atoms with van der Waals surface area (Å²) in [6, 6.07) is 3.56. The first kappa shape index (κ1) is 65.9. The van der Waals surface area contributed by atoms with Gasteiger partial charge in [-0.3, -0.25) is 28.8 Å². The second kappa shape index (κ2) is 44.4.